The van der Waals surface area contributed by atoms with Gasteiger partial charge < -0.3 is 14.2 Å². The lowest BCUT2D eigenvalue weighted by Crippen LogP contribution is -2.07. The van der Waals surface area contributed by atoms with E-state index in [0.717, 1.165) is 21.8 Å². The molecule has 0 fully saturated rings. The maximum absolute atomic E-state index is 12.4. The van der Waals surface area contributed by atoms with E-state index in [9.17, 15) is 4.79 Å². The Morgan fingerprint density at radius 1 is 1.03 bits per heavy atom. The average Bonchev–Trinajstić information content (AvgIpc) is 3.50. The monoisotopic (exact) mass is 493 g/mol. The van der Waals surface area contributed by atoms with Crippen molar-refractivity contribution in [3.63, 3.8) is 0 Å². The molecule has 2 aromatic heterocycles. The summed E-state index contributed by atoms with van der Waals surface area (Å²) < 4.78 is 16.5. The molecule has 2 aromatic carbocycles. The molecule has 7 nitrogen and oxygen atoms in total. The number of anilines is 1. The third-order valence-electron chi connectivity index (χ3n) is 4.76. The Morgan fingerprint density at radius 3 is 2.68 bits per heavy atom. The van der Waals surface area contributed by atoms with Gasteiger partial charge in [0.15, 0.2) is 5.13 Å². The first-order chi connectivity index (χ1) is 16.5. The maximum Gasteiger partial charge on any atom is 0.250 e. The van der Waals surface area contributed by atoms with Crippen LogP contribution in [0.15, 0.2) is 59.3 Å². The molecule has 0 saturated heterocycles. The minimum absolute atomic E-state index is 0.275. The molecule has 0 aliphatic carbocycles. The first kappa shape index (κ1) is 23.5. The number of hydrogen-bond donors (Lipinski definition) is 1. The second-order valence-electron chi connectivity index (χ2n) is 7.15. The Morgan fingerprint density at radius 2 is 1.91 bits per heavy atom. The molecule has 0 aliphatic heterocycles. The van der Waals surface area contributed by atoms with Crippen LogP contribution < -0.4 is 19.5 Å². The van der Waals surface area contributed by atoms with E-state index < -0.39 is 0 Å². The SMILES string of the molecule is COc1ccc(OC)c(-c2csc(NC(=O)/C=C/c3cccc(OCc4csc(C)n4)c3)n2)c1. The zero-order valence-electron chi connectivity index (χ0n) is 18.9. The number of carbonyl (C=O) groups is 1. The van der Waals surface area contributed by atoms with Gasteiger partial charge in [-0.15, -0.1) is 22.7 Å². The molecule has 0 bridgehead atoms. The van der Waals surface area contributed by atoms with Crippen molar-refractivity contribution in [3.8, 4) is 28.5 Å². The fraction of sp³-hybridized carbons (Fsp3) is 0.160. The van der Waals surface area contributed by atoms with E-state index in [2.05, 4.69) is 15.3 Å². The first-order valence-corrected chi connectivity index (χ1v) is 12.1. The molecule has 0 saturated carbocycles. The second kappa shape index (κ2) is 11.0. The molecule has 4 aromatic rings. The van der Waals surface area contributed by atoms with Crippen LogP contribution in [-0.4, -0.2) is 30.1 Å². The van der Waals surface area contributed by atoms with Crippen molar-refractivity contribution in [2.75, 3.05) is 19.5 Å². The lowest BCUT2D eigenvalue weighted by molar-refractivity contribution is -0.111. The summed E-state index contributed by atoms with van der Waals surface area (Å²) in [5, 5.41) is 8.15. The van der Waals surface area contributed by atoms with Crippen molar-refractivity contribution in [1.29, 1.82) is 0 Å². The third kappa shape index (κ3) is 6.00. The van der Waals surface area contributed by atoms with E-state index in [-0.39, 0.29) is 5.91 Å². The minimum atomic E-state index is -0.275. The number of amides is 1. The first-order valence-electron chi connectivity index (χ1n) is 10.3. The van der Waals surface area contributed by atoms with Crippen molar-refractivity contribution >= 4 is 39.8 Å². The lowest BCUT2D eigenvalue weighted by atomic mass is 10.1. The summed E-state index contributed by atoms with van der Waals surface area (Å²) in [6.07, 6.45) is 3.20. The molecule has 9 heteroatoms. The summed E-state index contributed by atoms with van der Waals surface area (Å²) in [5.74, 6) is 1.81. The smallest absolute Gasteiger partial charge is 0.250 e. The van der Waals surface area contributed by atoms with Gasteiger partial charge in [-0.2, -0.15) is 0 Å². The van der Waals surface area contributed by atoms with Crippen molar-refractivity contribution in [3.05, 3.63) is 75.6 Å². The highest BCUT2D eigenvalue weighted by Gasteiger charge is 2.12. The highest BCUT2D eigenvalue weighted by atomic mass is 32.1. The summed E-state index contributed by atoms with van der Waals surface area (Å²) in [6.45, 7) is 2.37. The number of ether oxygens (including phenoxy) is 3. The van der Waals surface area contributed by atoms with Crippen LogP contribution in [0.3, 0.4) is 0 Å². The van der Waals surface area contributed by atoms with Gasteiger partial charge in [-0.05, 0) is 48.9 Å². The maximum atomic E-state index is 12.4. The molecule has 0 atom stereocenters. The number of aromatic nitrogens is 2. The molecule has 34 heavy (non-hydrogen) atoms. The Bertz CT molecular complexity index is 1310. The van der Waals surface area contributed by atoms with Gasteiger partial charge in [-0.3, -0.25) is 10.1 Å². The van der Waals surface area contributed by atoms with Crippen LogP contribution >= 0.6 is 22.7 Å². The molecule has 1 amide bonds. The van der Waals surface area contributed by atoms with E-state index in [1.807, 2.05) is 60.1 Å². The normalized spacial score (nSPS) is 10.9. The highest BCUT2D eigenvalue weighted by molar-refractivity contribution is 7.14. The Labute approximate surface area is 205 Å². The van der Waals surface area contributed by atoms with E-state index >= 15 is 0 Å². The number of rotatable bonds is 9. The number of benzene rings is 2. The molecule has 4 rings (SSSR count). The van der Waals surface area contributed by atoms with E-state index in [4.69, 9.17) is 14.2 Å². The van der Waals surface area contributed by atoms with E-state index in [1.165, 1.54) is 17.4 Å². The molecule has 0 radical (unpaired) electrons. The predicted octanol–water partition coefficient (Wildman–Crippen LogP) is 5.82. The standard InChI is InChI=1S/C25H23N3O4S2/c1-16-26-18(14-33-16)13-32-20-6-4-5-17(11-20)7-10-24(29)28-25-27-22(15-34-25)21-12-19(30-2)8-9-23(21)31-3/h4-12,14-15H,13H2,1-3H3,(H,27,28,29)/b10-7+. The molecular formula is C25H23N3O4S2. The van der Waals surface area contributed by atoms with Gasteiger partial charge in [0.05, 0.1) is 30.6 Å². The van der Waals surface area contributed by atoms with Gasteiger partial charge in [0.25, 0.3) is 0 Å². The molecule has 174 valence electrons. The number of nitrogens with zero attached hydrogens (tertiary/aromatic N) is 2. The molecule has 0 aliphatic rings. The van der Waals surface area contributed by atoms with Gasteiger partial charge in [0.2, 0.25) is 5.91 Å². The Kier molecular flexibility index (Phi) is 7.56. The van der Waals surface area contributed by atoms with E-state index in [1.54, 1.807) is 31.6 Å². The molecular weight excluding hydrogens is 470 g/mol. The quantitative estimate of drug-likeness (QED) is 0.296. The van der Waals surface area contributed by atoms with Gasteiger partial charge in [0, 0.05) is 22.4 Å². The molecule has 1 N–H and O–H groups in total. The second-order valence-corrected chi connectivity index (χ2v) is 9.07. The lowest BCUT2D eigenvalue weighted by Gasteiger charge is -2.08. The van der Waals surface area contributed by atoms with Gasteiger partial charge in [-0.25, -0.2) is 9.97 Å². The van der Waals surface area contributed by atoms with Crippen molar-refractivity contribution in [2.24, 2.45) is 0 Å². The van der Waals surface area contributed by atoms with Gasteiger partial charge in [0.1, 0.15) is 23.9 Å². The Hall–Kier alpha value is -3.69. The van der Waals surface area contributed by atoms with E-state index in [0.29, 0.717) is 34.7 Å². The van der Waals surface area contributed by atoms with Crippen LogP contribution in [0.1, 0.15) is 16.3 Å². The van der Waals surface area contributed by atoms with Crippen molar-refractivity contribution in [2.45, 2.75) is 13.5 Å². The topological polar surface area (TPSA) is 82.6 Å². The predicted molar refractivity (Wildman–Crippen MR) is 136 cm³/mol. The van der Waals surface area contributed by atoms with Crippen LogP contribution in [0.4, 0.5) is 5.13 Å². The number of hydrogen-bond acceptors (Lipinski definition) is 8. The highest BCUT2D eigenvalue weighted by Crippen LogP contribution is 2.35. The van der Waals surface area contributed by atoms with Crippen LogP contribution in [0.5, 0.6) is 17.2 Å². The number of aryl methyl sites for hydroxylation is 1. The zero-order chi connectivity index (χ0) is 23.9. The average molecular weight is 494 g/mol. The van der Waals surface area contributed by atoms with Crippen molar-refractivity contribution < 1.29 is 19.0 Å². The van der Waals surface area contributed by atoms with Crippen LogP contribution in [-0.2, 0) is 11.4 Å². The fourth-order valence-electron chi connectivity index (χ4n) is 3.13. The summed E-state index contributed by atoms with van der Waals surface area (Å²) in [4.78, 5) is 21.4. The minimum Gasteiger partial charge on any atom is -0.497 e. The van der Waals surface area contributed by atoms with Gasteiger partial charge >= 0.3 is 0 Å². The number of nitrogens with one attached hydrogen (secondary N) is 1. The van der Waals surface area contributed by atoms with Crippen molar-refractivity contribution in [1.82, 2.24) is 9.97 Å². The summed E-state index contributed by atoms with van der Waals surface area (Å²) >= 11 is 2.93. The Balaban J connectivity index is 1.38. The van der Waals surface area contributed by atoms with Gasteiger partial charge in [-0.1, -0.05) is 12.1 Å². The fourth-order valence-corrected chi connectivity index (χ4v) is 4.44. The zero-order valence-corrected chi connectivity index (χ0v) is 20.5. The molecule has 0 unspecified atom stereocenters. The summed E-state index contributed by atoms with van der Waals surface area (Å²) in [7, 11) is 3.21. The van der Waals surface area contributed by atoms with Crippen LogP contribution in [0.2, 0.25) is 0 Å². The molecule has 2 heterocycles. The summed E-state index contributed by atoms with van der Waals surface area (Å²) in [5.41, 5.74) is 3.24. The number of thiazole rings is 2. The summed E-state index contributed by atoms with van der Waals surface area (Å²) in [6, 6.07) is 13.0. The number of carbonyl (C=O) groups excluding carboxylic acids is 1. The van der Waals surface area contributed by atoms with Crippen LogP contribution in [0, 0.1) is 6.92 Å². The molecule has 0 spiro atoms. The van der Waals surface area contributed by atoms with Crippen LogP contribution in [0.25, 0.3) is 17.3 Å². The third-order valence-corrected chi connectivity index (χ3v) is 6.34. The number of methoxy groups -OCH3 is 2. The largest absolute Gasteiger partial charge is 0.497 e.